The van der Waals surface area contributed by atoms with E-state index in [0.717, 1.165) is 69.8 Å². The smallest absolute Gasteiger partial charge is 0.135 e. The summed E-state index contributed by atoms with van der Waals surface area (Å²) >= 11 is 0. The summed E-state index contributed by atoms with van der Waals surface area (Å²) < 4.78 is 5.38. The van der Waals surface area contributed by atoms with Gasteiger partial charge in [-0.1, -0.05) is 0 Å². The number of hydrogen-bond donors (Lipinski definition) is 2. The molecule has 0 spiro atoms. The van der Waals surface area contributed by atoms with Crippen molar-refractivity contribution in [3.63, 3.8) is 0 Å². The van der Waals surface area contributed by atoms with Crippen molar-refractivity contribution in [2.75, 3.05) is 68.0 Å². The molecule has 0 atom stereocenters. The Morgan fingerprint density at radius 2 is 1.67 bits per heavy atom. The monoisotopic (exact) mass is 368 g/mol. The van der Waals surface area contributed by atoms with Gasteiger partial charge in [-0.25, -0.2) is 9.97 Å². The molecule has 2 aromatic rings. The largest absolute Gasteiger partial charge is 0.379 e. The molecule has 7 nitrogen and oxygen atoms in total. The average molecular weight is 368 g/mol. The summed E-state index contributed by atoms with van der Waals surface area (Å²) in [7, 11) is 0. The molecule has 0 unspecified atom stereocenters. The van der Waals surface area contributed by atoms with E-state index in [2.05, 4.69) is 54.7 Å². The number of morpholine rings is 1. The Labute approximate surface area is 160 Å². The van der Waals surface area contributed by atoms with E-state index < -0.39 is 0 Å². The van der Waals surface area contributed by atoms with E-state index in [-0.39, 0.29) is 0 Å². The van der Waals surface area contributed by atoms with Crippen LogP contribution in [0.5, 0.6) is 0 Å². The molecule has 144 valence electrons. The Morgan fingerprint density at radius 1 is 0.926 bits per heavy atom. The molecule has 0 aliphatic carbocycles. The second-order valence-electron chi connectivity index (χ2n) is 7.04. The van der Waals surface area contributed by atoms with Crippen molar-refractivity contribution in [3.8, 4) is 0 Å². The maximum atomic E-state index is 5.38. The van der Waals surface area contributed by atoms with Gasteiger partial charge in [-0.05, 0) is 37.1 Å². The van der Waals surface area contributed by atoms with E-state index in [1.807, 2.05) is 6.07 Å². The van der Waals surface area contributed by atoms with Crippen LogP contribution in [0, 0.1) is 0 Å². The number of anilines is 4. The molecule has 2 N–H and O–H groups in total. The summed E-state index contributed by atoms with van der Waals surface area (Å²) in [5, 5.41) is 6.75. The van der Waals surface area contributed by atoms with Crippen molar-refractivity contribution in [2.45, 2.75) is 12.8 Å². The number of aromatic nitrogens is 2. The Balaban J connectivity index is 1.29. The summed E-state index contributed by atoms with van der Waals surface area (Å²) in [5.41, 5.74) is 2.34. The second kappa shape index (κ2) is 9.01. The lowest BCUT2D eigenvalue weighted by atomic mass is 10.2. The van der Waals surface area contributed by atoms with Crippen LogP contribution in [0.4, 0.5) is 23.0 Å². The van der Waals surface area contributed by atoms with E-state index >= 15 is 0 Å². The molecular formula is C20H28N6O. The highest BCUT2D eigenvalue weighted by Crippen LogP contribution is 2.23. The van der Waals surface area contributed by atoms with Gasteiger partial charge in [0.2, 0.25) is 0 Å². The molecule has 27 heavy (non-hydrogen) atoms. The average Bonchev–Trinajstić information content (AvgIpc) is 3.25. The normalized spacial score (nSPS) is 17.9. The quantitative estimate of drug-likeness (QED) is 0.779. The van der Waals surface area contributed by atoms with Gasteiger partial charge in [-0.3, -0.25) is 4.90 Å². The number of hydrogen-bond acceptors (Lipinski definition) is 7. The van der Waals surface area contributed by atoms with Gasteiger partial charge < -0.3 is 20.3 Å². The van der Waals surface area contributed by atoms with E-state index in [1.54, 1.807) is 6.33 Å². The van der Waals surface area contributed by atoms with Crippen LogP contribution >= 0.6 is 0 Å². The first-order valence-electron chi connectivity index (χ1n) is 9.85. The molecule has 4 rings (SSSR count). The first kappa shape index (κ1) is 18.0. The minimum Gasteiger partial charge on any atom is -0.379 e. The lowest BCUT2D eigenvalue weighted by Gasteiger charge is -2.26. The third-order valence-corrected chi connectivity index (χ3v) is 5.12. The van der Waals surface area contributed by atoms with E-state index in [9.17, 15) is 0 Å². The van der Waals surface area contributed by atoms with Crippen molar-refractivity contribution in [1.29, 1.82) is 0 Å². The Hall–Kier alpha value is -2.38. The third kappa shape index (κ3) is 5.08. The summed E-state index contributed by atoms with van der Waals surface area (Å²) in [6, 6.07) is 10.5. The minimum absolute atomic E-state index is 0.799. The second-order valence-corrected chi connectivity index (χ2v) is 7.04. The van der Waals surface area contributed by atoms with Gasteiger partial charge in [-0.15, -0.1) is 0 Å². The fourth-order valence-electron chi connectivity index (χ4n) is 3.57. The number of benzene rings is 1. The fraction of sp³-hybridized carbons (Fsp3) is 0.500. The highest BCUT2D eigenvalue weighted by molar-refractivity contribution is 5.62. The van der Waals surface area contributed by atoms with E-state index in [1.165, 1.54) is 18.5 Å². The maximum Gasteiger partial charge on any atom is 0.135 e. The van der Waals surface area contributed by atoms with Gasteiger partial charge in [0.05, 0.1) is 13.2 Å². The van der Waals surface area contributed by atoms with Crippen LogP contribution in [0.3, 0.4) is 0 Å². The van der Waals surface area contributed by atoms with Crippen LogP contribution in [-0.2, 0) is 4.74 Å². The van der Waals surface area contributed by atoms with Crippen LogP contribution in [0.1, 0.15) is 12.8 Å². The Bertz CT molecular complexity index is 711. The first-order valence-corrected chi connectivity index (χ1v) is 9.85. The molecule has 2 saturated heterocycles. The SMILES string of the molecule is c1nc(NCCN2CCOCC2)cc(Nc2ccc(N3CCCC3)cc2)n1. The molecule has 2 fully saturated rings. The van der Waals surface area contributed by atoms with Crippen LogP contribution in [0.15, 0.2) is 36.7 Å². The number of rotatable bonds is 7. The van der Waals surface area contributed by atoms with Crippen LogP contribution in [0.2, 0.25) is 0 Å². The van der Waals surface area contributed by atoms with Crippen molar-refractivity contribution in [2.24, 2.45) is 0 Å². The van der Waals surface area contributed by atoms with Crippen molar-refractivity contribution in [3.05, 3.63) is 36.7 Å². The molecule has 2 aliphatic heterocycles. The molecule has 7 heteroatoms. The third-order valence-electron chi connectivity index (χ3n) is 5.12. The molecule has 1 aromatic heterocycles. The van der Waals surface area contributed by atoms with E-state index in [4.69, 9.17) is 4.74 Å². The van der Waals surface area contributed by atoms with Crippen molar-refractivity contribution in [1.82, 2.24) is 14.9 Å². The van der Waals surface area contributed by atoms with E-state index in [0.29, 0.717) is 0 Å². The molecule has 0 radical (unpaired) electrons. The molecule has 0 bridgehead atoms. The van der Waals surface area contributed by atoms with Gasteiger partial charge in [0.25, 0.3) is 0 Å². The zero-order valence-corrected chi connectivity index (χ0v) is 15.7. The van der Waals surface area contributed by atoms with Gasteiger partial charge >= 0.3 is 0 Å². The zero-order valence-electron chi connectivity index (χ0n) is 15.7. The standard InChI is InChI=1S/C20H28N6O/c1-2-9-26(8-1)18-5-3-17(4-6-18)24-20-15-19(22-16-23-20)21-7-10-25-11-13-27-14-12-25/h3-6,15-16H,1-2,7-14H2,(H2,21,22,23,24). The predicted molar refractivity (Wildman–Crippen MR) is 109 cm³/mol. The molecule has 2 aliphatic rings. The highest BCUT2D eigenvalue weighted by Gasteiger charge is 2.12. The van der Waals surface area contributed by atoms with Crippen molar-refractivity contribution < 1.29 is 4.74 Å². The van der Waals surface area contributed by atoms with Gasteiger partial charge in [0, 0.05) is 56.7 Å². The molecule has 0 amide bonds. The Morgan fingerprint density at radius 3 is 2.44 bits per heavy atom. The topological polar surface area (TPSA) is 65.6 Å². The van der Waals surface area contributed by atoms with Crippen LogP contribution < -0.4 is 15.5 Å². The number of nitrogens with one attached hydrogen (secondary N) is 2. The Kier molecular flexibility index (Phi) is 6.01. The van der Waals surface area contributed by atoms with Crippen LogP contribution in [0.25, 0.3) is 0 Å². The number of nitrogens with zero attached hydrogens (tertiary/aromatic N) is 4. The highest BCUT2D eigenvalue weighted by atomic mass is 16.5. The minimum atomic E-state index is 0.799. The summed E-state index contributed by atoms with van der Waals surface area (Å²) in [4.78, 5) is 13.5. The van der Waals surface area contributed by atoms with Crippen LogP contribution in [-0.4, -0.2) is 67.4 Å². The maximum absolute atomic E-state index is 5.38. The summed E-state index contributed by atoms with van der Waals surface area (Å²) in [6.45, 7) is 7.86. The number of ether oxygens (including phenoxy) is 1. The zero-order chi connectivity index (χ0) is 18.3. The van der Waals surface area contributed by atoms with Gasteiger partial charge in [-0.2, -0.15) is 0 Å². The molecule has 0 saturated carbocycles. The lowest BCUT2D eigenvalue weighted by molar-refractivity contribution is 0.0398. The van der Waals surface area contributed by atoms with Gasteiger partial charge in [0.1, 0.15) is 18.0 Å². The first-order chi connectivity index (χ1) is 13.4. The summed E-state index contributed by atoms with van der Waals surface area (Å²) in [5.74, 6) is 1.64. The molecule has 1 aromatic carbocycles. The molecular weight excluding hydrogens is 340 g/mol. The lowest BCUT2D eigenvalue weighted by Crippen LogP contribution is -2.39. The van der Waals surface area contributed by atoms with Crippen molar-refractivity contribution >= 4 is 23.0 Å². The predicted octanol–water partition coefficient (Wildman–Crippen LogP) is 2.56. The fourth-order valence-corrected chi connectivity index (χ4v) is 3.57. The van der Waals surface area contributed by atoms with Gasteiger partial charge in [0.15, 0.2) is 0 Å². The summed E-state index contributed by atoms with van der Waals surface area (Å²) in [6.07, 6.45) is 4.18. The molecule has 3 heterocycles.